The van der Waals surface area contributed by atoms with Crippen molar-refractivity contribution in [2.45, 2.75) is 157 Å². The molecule has 2 aliphatic heterocycles. The van der Waals surface area contributed by atoms with Gasteiger partial charge in [0.1, 0.15) is 5.52 Å². The van der Waals surface area contributed by atoms with Crippen molar-refractivity contribution in [3.8, 4) is 0 Å². The zero-order chi connectivity index (χ0) is 46.4. The van der Waals surface area contributed by atoms with Crippen molar-refractivity contribution < 1.29 is 4.42 Å². The van der Waals surface area contributed by atoms with E-state index in [0.717, 1.165) is 39.4 Å². The molecule has 6 aromatic carbocycles. The Labute approximate surface area is 384 Å². The highest BCUT2D eigenvalue weighted by Gasteiger charge is 2.47. The highest BCUT2D eigenvalue weighted by atomic mass is 16.4. The molecule has 0 bridgehead atoms. The van der Waals surface area contributed by atoms with Crippen LogP contribution >= 0.6 is 0 Å². The van der Waals surface area contributed by atoms with Gasteiger partial charge in [-0.25, -0.2) is 4.98 Å². The van der Waals surface area contributed by atoms with Crippen LogP contribution in [-0.2, 0) is 32.5 Å². The Kier molecular flexibility index (Phi) is 9.69. The maximum Gasteiger partial charge on any atom is 0.253 e. The Bertz CT molecular complexity index is 2970. The summed E-state index contributed by atoms with van der Waals surface area (Å²) in [5.41, 5.74) is 18.6. The highest BCUT2D eigenvalue weighted by molar-refractivity contribution is 7.02. The van der Waals surface area contributed by atoms with E-state index in [-0.39, 0.29) is 39.2 Å². The molecule has 4 nitrogen and oxygen atoms in total. The first-order valence-electron chi connectivity index (χ1n) is 23.6. The Morgan fingerprint density at radius 1 is 0.422 bits per heavy atom. The van der Waals surface area contributed by atoms with E-state index in [2.05, 4.69) is 231 Å². The highest BCUT2D eigenvalue weighted by Crippen LogP contribution is 2.51. The van der Waals surface area contributed by atoms with Gasteiger partial charge in [-0.15, -0.1) is 0 Å². The summed E-state index contributed by atoms with van der Waals surface area (Å²) >= 11 is 0. The molecule has 0 unspecified atom stereocenters. The van der Waals surface area contributed by atoms with Crippen molar-refractivity contribution in [3.05, 3.63) is 131 Å². The van der Waals surface area contributed by atoms with E-state index in [1.54, 1.807) is 0 Å². The molecule has 7 aromatic rings. The second kappa shape index (κ2) is 14.1. The molecule has 3 heterocycles. The van der Waals surface area contributed by atoms with Gasteiger partial charge in [-0.1, -0.05) is 179 Å². The average Bonchev–Trinajstić information content (AvgIpc) is 3.66. The van der Waals surface area contributed by atoms with Crippen molar-refractivity contribution in [1.29, 1.82) is 0 Å². The van der Waals surface area contributed by atoms with Gasteiger partial charge < -0.3 is 14.2 Å². The first-order valence-corrected chi connectivity index (χ1v) is 23.6. The van der Waals surface area contributed by atoms with Crippen molar-refractivity contribution in [2.75, 3.05) is 9.80 Å². The summed E-state index contributed by atoms with van der Waals surface area (Å²) in [7, 11) is 0. The van der Waals surface area contributed by atoms with E-state index in [0.29, 0.717) is 0 Å². The summed E-state index contributed by atoms with van der Waals surface area (Å²) in [4.78, 5) is 10.6. The SMILES string of the molecule is CC(C)(C)c1ccc(N2c3ccc(C(C)(C)C)cc3B3c4c2cc(C(C)(C)C)cc4N(c2cc(C(C)(C)C)cc(C(C)(C)C)c2)c2c3c3ccccc3c3nc(C(C)(C)C)oc23)cc1. The molecule has 1 aromatic heterocycles. The van der Waals surface area contributed by atoms with Gasteiger partial charge in [-0.3, -0.25) is 0 Å². The molecule has 5 heteroatoms. The molecule has 9 rings (SSSR count). The minimum atomic E-state index is -0.301. The smallest absolute Gasteiger partial charge is 0.253 e. The molecular weight excluding hydrogens is 777 g/mol. The number of hydrogen-bond acceptors (Lipinski definition) is 4. The number of aromatic nitrogens is 1. The fraction of sp³-hybridized carbons (Fsp3) is 0.407. The molecular formula is C59H70BN3O. The fourth-order valence-corrected chi connectivity index (χ4v) is 9.82. The number of hydrogen-bond donors (Lipinski definition) is 0. The van der Waals surface area contributed by atoms with Gasteiger partial charge in [0.15, 0.2) is 5.58 Å². The van der Waals surface area contributed by atoms with Crippen LogP contribution in [0.2, 0.25) is 0 Å². The van der Waals surface area contributed by atoms with Crippen molar-refractivity contribution in [3.63, 3.8) is 0 Å². The predicted octanol–water partition coefficient (Wildman–Crippen LogP) is 14.8. The molecule has 2 aliphatic rings. The molecule has 0 amide bonds. The molecule has 0 radical (unpaired) electrons. The van der Waals surface area contributed by atoms with Gasteiger partial charge in [0.25, 0.3) is 6.71 Å². The van der Waals surface area contributed by atoms with Gasteiger partial charge in [0, 0.05) is 39.2 Å². The van der Waals surface area contributed by atoms with Crippen molar-refractivity contribution in [1.82, 2.24) is 4.98 Å². The van der Waals surface area contributed by atoms with Crippen LogP contribution in [0.4, 0.5) is 34.1 Å². The van der Waals surface area contributed by atoms with Crippen LogP contribution in [0.3, 0.4) is 0 Å². The summed E-state index contributed by atoms with van der Waals surface area (Å²) in [6.45, 7) is 41.5. The van der Waals surface area contributed by atoms with Crippen LogP contribution in [-0.4, -0.2) is 11.7 Å². The molecule has 330 valence electrons. The zero-order valence-electron chi connectivity index (χ0n) is 42.1. The lowest BCUT2D eigenvalue weighted by atomic mass is 9.32. The third-order valence-electron chi connectivity index (χ3n) is 13.8. The monoisotopic (exact) mass is 848 g/mol. The van der Waals surface area contributed by atoms with Crippen LogP contribution in [0.1, 0.15) is 158 Å². The normalized spacial score (nSPS) is 14.6. The fourth-order valence-electron chi connectivity index (χ4n) is 9.82. The number of benzene rings is 6. The number of nitrogens with zero attached hydrogens (tertiary/aromatic N) is 3. The average molecular weight is 848 g/mol. The molecule has 0 atom stereocenters. The maximum atomic E-state index is 7.27. The summed E-state index contributed by atoms with van der Waals surface area (Å²) in [5, 5.41) is 2.34. The van der Waals surface area contributed by atoms with Crippen LogP contribution in [0.25, 0.3) is 21.9 Å². The first kappa shape index (κ1) is 43.9. The molecule has 0 fully saturated rings. The van der Waals surface area contributed by atoms with Crippen LogP contribution < -0.4 is 26.2 Å². The molecule has 0 spiro atoms. The van der Waals surface area contributed by atoms with E-state index in [1.165, 1.54) is 66.7 Å². The summed E-state index contributed by atoms with van der Waals surface area (Å²) in [6, 6.07) is 38.0. The summed E-state index contributed by atoms with van der Waals surface area (Å²) in [5.74, 6) is 0.749. The molecule has 0 N–H and O–H groups in total. The standard InChI is InChI=1S/C59H70BN3O/c1-54(2,3)35-23-26-40(27-24-35)62-45-28-25-36(55(4,5)6)32-44(45)60-48-42-21-19-20-22-43(42)50-52(64-53(61-50)59(16,17)18)51(48)63(47-34-39(58(13,14)15)33-46(62)49(47)60)41-30-37(56(7,8)9)29-38(31-41)57(10,11)12/h19-34H,1-18H3. The van der Waals surface area contributed by atoms with Crippen molar-refractivity contribution >= 4 is 79.1 Å². The van der Waals surface area contributed by atoms with E-state index >= 15 is 0 Å². The van der Waals surface area contributed by atoms with E-state index in [9.17, 15) is 0 Å². The third kappa shape index (κ3) is 7.17. The van der Waals surface area contributed by atoms with E-state index in [1.807, 2.05) is 0 Å². The Morgan fingerprint density at radius 3 is 1.45 bits per heavy atom. The minimum Gasteiger partial charge on any atom is -0.438 e. The Balaban J connectivity index is 1.53. The number of anilines is 6. The van der Waals surface area contributed by atoms with Crippen LogP contribution in [0.15, 0.2) is 101 Å². The molecule has 64 heavy (non-hydrogen) atoms. The summed E-state index contributed by atoms with van der Waals surface area (Å²) in [6.07, 6.45) is 0. The largest absolute Gasteiger partial charge is 0.438 e. The van der Waals surface area contributed by atoms with E-state index in [4.69, 9.17) is 9.40 Å². The Hall–Kier alpha value is -5.29. The number of rotatable bonds is 2. The van der Waals surface area contributed by atoms with Crippen LogP contribution in [0, 0.1) is 0 Å². The minimum absolute atomic E-state index is 0.0357. The molecule has 0 aliphatic carbocycles. The topological polar surface area (TPSA) is 32.5 Å². The number of oxazole rings is 1. The second-order valence-electron chi connectivity index (χ2n) is 25.1. The molecule has 0 saturated heterocycles. The van der Waals surface area contributed by atoms with Gasteiger partial charge in [-0.2, -0.15) is 0 Å². The maximum absolute atomic E-state index is 7.27. The lowest BCUT2D eigenvalue weighted by molar-refractivity contribution is 0.411. The Morgan fingerprint density at radius 2 is 0.922 bits per heavy atom. The zero-order valence-corrected chi connectivity index (χ0v) is 42.1. The third-order valence-corrected chi connectivity index (χ3v) is 13.8. The lowest BCUT2D eigenvalue weighted by Crippen LogP contribution is -2.62. The van der Waals surface area contributed by atoms with Gasteiger partial charge in [0.2, 0.25) is 5.89 Å². The van der Waals surface area contributed by atoms with Crippen molar-refractivity contribution in [2.24, 2.45) is 0 Å². The second-order valence-corrected chi connectivity index (χ2v) is 25.1. The summed E-state index contributed by atoms with van der Waals surface area (Å²) < 4.78 is 7.27. The van der Waals surface area contributed by atoms with Gasteiger partial charge >= 0.3 is 0 Å². The predicted molar refractivity (Wildman–Crippen MR) is 278 cm³/mol. The lowest BCUT2D eigenvalue weighted by Gasteiger charge is -2.46. The number of fused-ring (bicyclic) bond motifs is 9. The van der Waals surface area contributed by atoms with Gasteiger partial charge in [-0.05, 0) is 119 Å². The van der Waals surface area contributed by atoms with E-state index < -0.39 is 0 Å². The molecule has 0 saturated carbocycles. The van der Waals surface area contributed by atoms with Crippen LogP contribution in [0.5, 0.6) is 0 Å². The quantitative estimate of drug-likeness (QED) is 0.162. The van der Waals surface area contributed by atoms with Gasteiger partial charge in [0.05, 0.1) is 5.69 Å². The first-order chi connectivity index (χ1) is 29.5.